The van der Waals surface area contributed by atoms with Crippen LogP contribution in [0.2, 0.25) is 0 Å². The second-order valence-corrected chi connectivity index (χ2v) is 12.8. The number of piperazine rings is 1. The van der Waals surface area contributed by atoms with Gasteiger partial charge in [0.15, 0.2) is 5.82 Å². The molecule has 0 bridgehead atoms. The van der Waals surface area contributed by atoms with E-state index in [0.29, 0.717) is 61.2 Å². The molecule has 0 unspecified atom stereocenters. The molecule has 2 saturated heterocycles. The van der Waals surface area contributed by atoms with Gasteiger partial charge in [0.2, 0.25) is 0 Å². The minimum absolute atomic E-state index is 0.0365. The van der Waals surface area contributed by atoms with Gasteiger partial charge in [-0.1, -0.05) is 18.9 Å². The normalized spacial score (nSPS) is 18.6. The summed E-state index contributed by atoms with van der Waals surface area (Å²) >= 11 is 0. The van der Waals surface area contributed by atoms with Crippen LogP contribution < -0.4 is 15.0 Å². The van der Waals surface area contributed by atoms with Gasteiger partial charge in [-0.05, 0) is 55.7 Å². The molecule has 240 valence electrons. The fourth-order valence-corrected chi connectivity index (χ4v) is 6.84. The van der Waals surface area contributed by atoms with E-state index in [2.05, 4.69) is 26.0 Å². The molecule has 2 aromatic heterocycles. The maximum absolute atomic E-state index is 16.9. The van der Waals surface area contributed by atoms with Gasteiger partial charge < -0.3 is 25.0 Å². The number of alkyl halides is 1. The second-order valence-electron chi connectivity index (χ2n) is 12.8. The zero-order chi connectivity index (χ0) is 32.0. The Labute approximate surface area is 266 Å². The van der Waals surface area contributed by atoms with Crippen LogP contribution in [-0.2, 0) is 6.42 Å². The second kappa shape index (κ2) is 12.2. The van der Waals surface area contributed by atoms with Gasteiger partial charge in [0.25, 0.3) is 0 Å². The van der Waals surface area contributed by atoms with Crippen LogP contribution in [0.4, 0.5) is 19.0 Å². The summed E-state index contributed by atoms with van der Waals surface area (Å²) in [7, 11) is 0. The number of ether oxygens (including phenoxy) is 1. The van der Waals surface area contributed by atoms with Crippen molar-refractivity contribution in [3.63, 3.8) is 0 Å². The summed E-state index contributed by atoms with van der Waals surface area (Å²) in [5, 5.41) is 15.2. The molecule has 3 aliphatic rings. The summed E-state index contributed by atoms with van der Waals surface area (Å²) in [4.78, 5) is 18.7. The predicted molar refractivity (Wildman–Crippen MR) is 172 cm³/mol. The standard InChI is InChI=1S/C35H37F3N6O2/c1-3-24-26(37)6-5-21-17-23(45)18-25(28(21)24)31-30(38)32-29(27(4-2)40-31)33(44-15-11-39-12-16-44)42-34(41-32)46-20-35(9-10-35)19-43-13-7-22(36)8-14-43/h1,5-6,17-18,22,39,45H,4,7-16,19-20H2,2H3. The van der Waals surface area contributed by atoms with Gasteiger partial charge in [0, 0.05) is 62.2 Å². The van der Waals surface area contributed by atoms with E-state index in [-0.39, 0.29) is 44.9 Å². The first-order chi connectivity index (χ1) is 22.3. The fraction of sp³-hybridized carbons (Fsp3) is 0.457. The Kier molecular flexibility index (Phi) is 8.11. The number of fused-ring (bicyclic) bond motifs is 2. The van der Waals surface area contributed by atoms with E-state index in [1.807, 2.05) is 6.92 Å². The number of nitrogens with one attached hydrogen (secondary N) is 1. The zero-order valence-electron chi connectivity index (χ0n) is 25.9. The quantitative estimate of drug-likeness (QED) is 0.251. The van der Waals surface area contributed by atoms with Gasteiger partial charge in [-0.2, -0.15) is 9.97 Å². The van der Waals surface area contributed by atoms with Crippen LogP contribution in [0.15, 0.2) is 24.3 Å². The lowest BCUT2D eigenvalue weighted by Crippen LogP contribution is -2.44. The zero-order valence-corrected chi connectivity index (χ0v) is 25.9. The highest BCUT2D eigenvalue weighted by Crippen LogP contribution is 2.47. The maximum Gasteiger partial charge on any atom is 0.319 e. The van der Waals surface area contributed by atoms with Crippen LogP contribution in [0.25, 0.3) is 32.9 Å². The maximum atomic E-state index is 16.9. The molecule has 1 saturated carbocycles. The first kappa shape index (κ1) is 30.5. The Morgan fingerprint density at radius 3 is 2.52 bits per heavy atom. The summed E-state index contributed by atoms with van der Waals surface area (Å²) in [5.41, 5.74) is 0.602. The molecular formula is C35H37F3N6O2. The summed E-state index contributed by atoms with van der Waals surface area (Å²) in [6.07, 6.45) is 8.51. The monoisotopic (exact) mass is 630 g/mol. The molecule has 11 heteroatoms. The summed E-state index contributed by atoms with van der Waals surface area (Å²) < 4.78 is 51.8. The summed E-state index contributed by atoms with van der Waals surface area (Å²) in [6, 6.07) is 5.62. The molecule has 3 fully saturated rings. The number of aromatic nitrogens is 3. The minimum atomic E-state index is -0.731. The van der Waals surface area contributed by atoms with E-state index >= 15 is 4.39 Å². The highest BCUT2D eigenvalue weighted by molar-refractivity contribution is 6.03. The SMILES string of the molecule is C#Cc1c(F)ccc2cc(O)cc(-c3nc(CC)c4c(N5CCNCC5)nc(OCC5(CN6CCC(F)CC6)CC5)nc4c3F)c12. The Morgan fingerprint density at radius 2 is 1.83 bits per heavy atom. The van der Waals surface area contributed by atoms with E-state index in [1.165, 1.54) is 24.3 Å². The number of piperidine rings is 1. The van der Waals surface area contributed by atoms with E-state index in [4.69, 9.17) is 21.1 Å². The average Bonchev–Trinajstić information content (AvgIpc) is 3.84. The number of phenolic OH excluding ortho intramolecular Hbond substituents is 1. The number of likely N-dealkylation sites (tertiary alicyclic amines) is 1. The van der Waals surface area contributed by atoms with Gasteiger partial charge in [-0.3, -0.25) is 0 Å². The number of nitrogens with zero attached hydrogens (tertiary/aromatic N) is 5. The molecular weight excluding hydrogens is 593 g/mol. The predicted octanol–water partition coefficient (Wildman–Crippen LogP) is 5.38. The number of halogens is 3. The summed E-state index contributed by atoms with van der Waals surface area (Å²) in [5.74, 6) is 1.47. The molecule has 0 atom stereocenters. The number of aryl methyl sites for hydroxylation is 1. The van der Waals surface area contributed by atoms with Gasteiger partial charge in [-0.15, -0.1) is 6.42 Å². The number of pyridine rings is 1. The molecule has 2 aromatic carbocycles. The van der Waals surface area contributed by atoms with Crippen LogP contribution in [0.1, 0.15) is 43.9 Å². The molecule has 8 nitrogen and oxygen atoms in total. The molecule has 4 heterocycles. The van der Waals surface area contributed by atoms with Crippen LogP contribution in [0.3, 0.4) is 0 Å². The smallest absolute Gasteiger partial charge is 0.319 e. The summed E-state index contributed by atoms with van der Waals surface area (Å²) in [6.45, 7) is 7.39. The van der Waals surface area contributed by atoms with Crippen molar-refractivity contribution in [3.8, 4) is 35.4 Å². The number of aromatic hydroxyl groups is 1. The lowest BCUT2D eigenvalue weighted by atomic mass is 9.95. The Hall–Kier alpha value is -4.14. The Balaban J connectivity index is 1.34. The van der Waals surface area contributed by atoms with Crippen molar-refractivity contribution in [1.82, 2.24) is 25.2 Å². The largest absolute Gasteiger partial charge is 0.508 e. The molecule has 2 aliphatic heterocycles. The van der Waals surface area contributed by atoms with E-state index in [1.54, 1.807) is 0 Å². The van der Waals surface area contributed by atoms with Crippen molar-refractivity contribution < 1.29 is 23.0 Å². The number of phenols is 1. The molecule has 0 radical (unpaired) electrons. The number of anilines is 1. The molecule has 2 N–H and O–H groups in total. The number of rotatable bonds is 8. The molecule has 46 heavy (non-hydrogen) atoms. The van der Waals surface area contributed by atoms with Crippen molar-refractivity contribution in [2.75, 3.05) is 57.3 Å². The Morgan fingerprint density at radius 1 is 1.07 bits per heavy atom. The van der Waals surface area contributed by atoms with E-state index < -0.39 is 17.8 Å². The lowest BCUT2D eigenvalue weighted by molar-refractivity contribution is 0.107. The average molecular weight is 631 g/mol. The van der Waals surface area contributed by atoms with Gasteiger partial charge in [0.05, 0.1) is 23.3 Å². The van der Waals surface area contributed by atoms with Crippen molar-refractivity contribution in [3.05, 3.63) is 47.2 Å². The highest BCUT2D eigenvalue weighted by atomic mass is 19.1. The molecule has 1 aliphatic carbocycles. The number of hydrogen-bond acceptors (Lipinski definition) is 8. The number of benzene rings is 2. The molecule has 7 rings (SSSR count). The number of hydrogen-bond donors (Lipinski definition) is 2. The van der Waals surface area contributed by atoms with Crippen molar-refractivity contribution in [2.24, 2.45) is 5.41 Å². The number of terminal acetylenes is 1. The Bertz CT molecular complexity index is 1840. The topological polar surface area (TPSA) is 86.6 Å². The molecule has 4 aromatic rings. The van der Waals surface area contributed by atoms with Crippen LogP contribution in [0, 0.1) is 29.4 Å². The third kappa shape index (κ3) is 5.69. The lowest BCUT2D eigenvalue weighted by Gasteiger charge is -2.32. The molecule has 0 spiro atoms. The highest BCUT2D eigenvalue weighted by Gasteiger charge is 2.45. The van der Waals surface area contributed by atoms with Crippen LogP contribution in [-0.4, -0.2) is 83.6 Å². The van der Waals surface area contributed by atoms with Crippen molar-refractivity contribution >= 4 is 27.5 Å². The van der Waals surface area contributed by atoms with Crippen LogP contribution in [0.5, 0.6) is 11.8 Å². The third-order valence-electron chi connectivity index (χ3n) is 9.56. The first-order valence-electron chi connectivity index (χ1n) is 16.1. The van der Waals surface area contributed by atoms with Crippen molar-refractivity contribution in [2.45, 2.75) is 45.2 Å². The van der Waals surface area contributed by atoms with E-state index in [0.717, 1.165) is 45.6 Å². The molecule has 0 amide bonds. The van der Waals surface area contributed by atoms with Gasteiger partial charge >= 0.3 is 6.01 Å². The van der Waals surface area contributed by atoms with E-state index in [9.17, 15) is 13.9 Å². The van der Waals surface area contributed by atoms with Crippen molar-refractivity contribution in [1.29, 1.82) is 0 Å². The third-order valence-corrected chi connectivity index (χ3v) is 9.56. The van der Waals surface area contributed by atoms with Gasteiger partial charge in [-0.25, -0.2) is 18.2 Å². The minimum Gasteiger partial charge on any atom is -0.508 e. The fourth-order valence-electron chi connectivity index (χ4n) is 6.84. The van der Waals surface area contributed by atoms with Gasteiger partial charge in [0.1, 0.15) is 34.8 Å². The first-order valence-corrected chi connectivity index (χ1v) is 16.1. The van der Waals surface area contributed by atoms with Crippen LogP contribution >= 0.6 is 0 Å².